The van der Waals surface area contributed by atoms with Gasteiger partial charge in [-0.1, -0.05) is 131 Å². The topological polar surface area (TPSA) is 4.93 Å². The lowest BCUT2D eigenvalue weighted by atomic mass is 9.77. The molecule has 5 aromatic rings. The molecule has 0 aliphatic rings. The predicted molar refractivity (Wildman–Crippen MR) is 176 cm³/mol. The van der Waals surface area contributed by atoms with Crippen LogP contribution < -0.4 is 0 Å². The van der Waals surface area contributed by atoms with E-state index in [4.69, 9.17) is 0 Å². The number of hydrogen-bond donors (Lipinski definition) is 0. The minimum Gasteiger partial charge on any atom is -0.309 e. The van der Waals surface area contributed by atoms with Crippen LogP contribution in [0.3, 0.4) is 0 Å². The van der Waals surface area contributed by atoms with E-state index in [0.29, 0.717) is 5.92 Å². The highest BCUT2D eigenvalue weighted by atomic mass is 15.0. The lowest BCUT2D eigenvalue weighted by Gasteiger charge is -2.27. The van der Waals surface area contributed by atoms with Crippen LogP contribution in [-0.2, 0) is 16.2 Å². The Kier molecular flexibility index (Phi) is 6.81. The molecular formula is C39H47N. The fourth-order valence-electron chi connectivity index (χ4n) is 6.17. The Morgan fingerprint density at radius 2 is 1.12 bits per heavy atom. The molecule has 208 valence electrons. The quantitative estimate of drug-likeness (QED) is 0.219. The molecule has 0 aliphatic carbocycles. The van der Waals surface area contributed by atoms with E-state index in [2.05, 4.69) is 160 Å². The number of aromatic nitrogens is 1. The maximum atomic E-state index is 2.48. The molecule has 1 nitrogen and oxygen atoms in total. The summed E-state index contributed by atoms with van der Waals surface area (Å²) >= 11 is 0. The van der Waals surface area contributed by atoms with Crippen LogP contribution in [0, 0.1) is 0 Å². The molecule has 0 N–H and O–H groups in total. The molecule has 0 fully saturated rings. The largest absolute Gasteiger partial charge is 0.309 e. The van der Waals surface area contributed by atoms with Crippen molar-refractivity contribution in [1.82, 2.24) is 4.57 Å². The van der Waals surface area contributed by atoms with Crippen molar-refractivity contribution in [3.63, 3.8) is 0 Å². The van der Waals surface area contributed by atoms with Crippen molar-refractivity contribution in [2.24, 2.45) is 0 Å². The summed E-state index contributed by atoms with van der Waals surface area (Å²) in [6, 6.07) is 29.8. The summed E-state index contributed by atoms with van der Waals surface area (Å²) in [7, 11) is 0. The molecule has 0 unspecified atom stereocenters. The minimum absolute atomic E-state index is 0.0511. The first-order valence-corrected chi connectivity index (χ1v) is 14.9. The minimum atomic E-state index is 0.0511. The first-order chi connectivity index (χ1) is 18.6. The molecular weight excluding hydrogens is 482 g/mol. The van der Waals surface area contributed by atoms with Crippen LogP contribution in [0.1, 0.15) is 104 Å². The molecule has 0 saturated carbocycles. The molecule has 0 bridgehead atoms. The number of nitrogens with zero attached hydrogens (tertiary/aromatic N) is 1. The van der Waals surface area contributed by atoms with Gasteiger partial charge in [-0.3, -0.25) is 0 Å². The molecule has 0 spiro atoms. The van der Waals surface area contributed by atoms with Gasteiger partial charge in [0.15, 0.2) is 0 Å². The van der Waals surface area contributed by atoms with E-state index < -0.39 is 0 Å². The first kappa shape index (κ1) is 28.2. The molecule has 1 heteroatoms. The van der Waals surface area contributed by atoms with E-state index in [1.807, 2.05) is 0 Å². The predicted octanol–water partition coefficient (Wildman–Crippen LogP) is 11.5. The van der Waals surface area contributed by atoms with Gasteiger partial charge in [-0.05, 0) is 79.8 Å². The third-order valence-electron chi connectivity index (χ3n) is 8.37. The van der Waals surface area contributed by atoms with Crippen LogP contribution in [0.15, 0.2) is 78.9 Å². The van der Waals surface area contributed by atoms with E-state index in [9.17, 15) is 0 Å². The SMILES string of the molecule is CC(C)c1c(C(C)(C)C)ccc2c1c1c(-c3cc(C(C)(C)C)cc(C(C)(C)C)c3)cccc1n2-c1ccccc1. The van der Waals surface area contributed by atoms with Crippen molar-refractivity contribution in [2.45, 2.75) is 98.3 Å². The van der Waals surface area contributed by atoms with Crippen molar-refractivity contribution in [3.8, 4) is 16.8 Å². The van der Waals surface area contributed by atoms with E-state index in [-0.39, 0.29) is 16.2 Å². The van der Waals surface area contributed by atoms with Crippen LogP contribution in [0.25, 0.3) is 38.6 Å². The zero-order valence-electron chi connectivity index (χ0n) is 26.5. The standard InChI is InChI=1S/C39H47N/c1-25(2)34-31(39(9,10)11)20-21-33-36(34)35-30(18-15-19-32(35)40(33)29-16-13-12-14-17-29)26-22-27(37(3,4)5)24-28(23-26)38(6,7)8/h12-25H,1-11H3. The first-order valence-electron chi connectivity index (χ1n) is 14.9. The van der Waals surface area contributed by atoms with Crippen molar-refractivity contribution in [1.29, 1.82) is 0 Å². The summed E-state index contributed by atoms with van der Waals surface area (Å²) in [5.41, 5.74) is 12.2. The zero-order valence-corrected chi connectivity index (χ0v) is 26.5. The van der Waals surface area contributed by atoms with Crippen molar-refractivity contribution in [3.05, 3.63) is 101 Å². The Hall–Kier alpha value is -3.32. The molecule has 5 rings (SSSR count). The van der Waals surface area contributed by atoms with Gasteiger partial charge in [0, 0.05) is 16.5 Å². The normalized spacial score (nSPS) is 13.1. The summed E-state index contributed by atoms with van der Waals surface area (Å²) in [6.07, 6.45) is 0. The Morgan fingerprint density at radius 3 is 1.65 bits per heavy atom. The Morgan fingerprint density at radius 1 is 0.550 bits per heavy atom. The van der Waals surface area contributed by atoms with Crippen molar-refractivity contribution in [2.75, 3.05) is 0 Å². The number of hydrogen-bond acceptors (Lipinski definition) is 0. The van der Waals surface area contributed by atoms with Gasteiger partial charge < -0.3 is 4.57 Å². The summed E-state index contributed by atoms with van der Waals surface area (Å²) in [5.74, 6) is 0.395. The average molecular weight is 530 g/mol. The van der Waals surface area contributed by atoms with Gasteiger partial charge in [-0.15, -0.1) is 0 Å². The molecule has 4 aromatic carbocycles. The highest BCUT2D eigenvalue weighted by Gasteiger charge is 2.27. The van der Waals surface area contributed by atoms with Crippen molar-refractivity contribution >= 4 is 21.8 Å². The fourth-order valence-corrected chi connectivity index (χ4v) is 6.17. The lowest BCUT2D eigenvalue weighted by Crippen LogP contribution is -2.16. The number of benzene rings is 4. The van der Waals surface area contributed by atoms with Crippen LogP contribution in [0.4, 0.5) is 0 Å². The van der Waals surface area contributed by atoms with Crippen LogP contribution in [0.2, 0.25) is 0 Å². The number of para-hydroxylation sites is 1. The van der Waals surface area contributed by atoms with Crippen LogP contribution in [-0.4, -0.2) is 4.57 Å². The Labute approximate surface area is 242 Å². The van der Waals surface area contributed by atoms with E-state index in [1.54, 1.807) is 0 Å². The van der Waals surface area contributed by atoms with E-state index in [0.717, 1.165) is 0 Å². The fraction of sp³-hybridized carbons (Fsp3) is 0.385. The summed E-state index contributed by atoms with van der Waals surface area (Å²) in [6.45, 7) is 25.7. The van der Waals surface area contributed by atoms with E-state index >= 15 is 0 Å². The molecule has 0 radical (unpaired) electrons. The smallest absolute Gasteiger partial charge is 0.0547 e. The molecule has 40 heavy (non-hydrogen) atoms. The molecule has 1 aromatic heterocycles. The number of fused-ring (bicyclic) bond motifs is 3. The highest BCUT2D eigenvalue weighted by molar-refractivity contribution is 6.17. The van der Waals surface area contributed by atoms with Crippen molar-refractivity contribution < 1.29 is 0 Å². The van der Waals surface area contributed by atoms with E-state index in [1.165, 1.54) is 60.9 Å². The Bertz CT molecular complexity index is 1660. The summed E-state index contributed by atoms with van der Waals surface area (Å²) < 4.78 is 2.48. The van der Waals surface area contributed by atoms with Gasteiger partial charge in [0.1, 0.15) is 0 Å². The van der Waals surface area contributed by atoms with Gasteiger partial charge >= 0.3 is 0 Å². The average Bonchev–Trinajstić information content (AvgIpc) is 3.21. The Balaban J connectivity index is 2.02. The monoisotopic (exact) mass is 529 g/mol. The third kappa shape index (κ3) is 4.89. The summed E-state index contributed by atoms with van der Waals surface area (Å²) in [4.78, 5) is 0. The second kappa shape index (κ2) is 9.65. The molecule has 0 atom stereocenters. The van der Waals surface area contributed by atoms with Gasteiger partial charge in [0.2, 0.25) is 0 Å². The maximum absolute atomic E-state index is 2.48. The van der Waals surface area contributed by atoms with Gasteiger partial charge in [0.05, 0.1) is 11.0 Å². The van der Waals surface area contributed by atoms with Gasteiger partial charge in [0.25, 0.3) is 0 Å². The van der Waals surface area contributed by atoms with Crippen LogP contribution in [0.5, 0.6) is 0 Å². The number of rotatable bonds is 3. The second-order valence-electron chi connectivity index (χ2n) is 15.0. The van der Waals surface area contributed by atoms with Gasteiger partial charge in [-0.2, -0.15) is 0 Å². The second-order valence-corrected chi connectivity index (χ2v) is 15.0. The van der Waals surface area contributed by atoms with Gasteiger partial charge in [-0.25, -0.2) is 0 Å². The molecule has 1 heterocycles. The lowest BCUT2D eigenvalue weighted by molar-refractivity contribution is 0.569. The van der Waals surface area contributed by atoms with Crippen LogP contribution >= 0.6 is 0 Å². The maximum Gasteiger partial charge on any atom is 0.0547 e. The molecule has 0 amide bonds. The molecule has 0 aliphatic heterocycles. The highest BCUT2D eigenvalue weighted by Crippen LogP contribution is 2.46. The summed E-state index contributed by atoms with van der Waals surface area (Å²) in [5, 5.41) is 2.76. The third-order valence-corrected chi connectivity index (χ3v) is 8.37. The zero-order chi connectivity index (χ0) is 29.2. The molecule has 0 saturated heterocycles.